The van der Waals surface area contributed by atoms with Crippen LogP contribution in [-0.4, -0.2) is 24.0 Å². The maximum absolute atomic E-state index is 10.3. The van der Waals surface area contributed by atoms with Crippen molar-refractivity contribution in [2.75, 3.05) is 0 Å². The number of nitrogens with one attached hydrogen (secondary N) is 1. The third-order valence-corrected chi connectivity index (χ3v) is 1.31. The van der Waals surface area contributed by atoms with Crippen LogP contribution in [0.25, 0.3) is 0 Å². The van der Waals surface area contributed by atoms with Gasteiger partial charge < -0.3 is 10.1 Å². The largest absolute Gasteiger partial charge is 0.462 e. The molecule has 0 aromatic rings. The van der Waals surface area contributed by atoms with Crippen LogP contribution in [0.1, 0.15) is 27.7 Å². The lowest BCUT2D eigenvalue weighted by molar-refractivity contribution is -0.138. The first-order chi connectivity index (χ1) is 6.35. The smallest absolute Gasteiger partial charge is 0.293 e. The molecule has 0 aliphatic carbocycles. The minimum absolute atomic E-state index is 0.0208. The molecule has 4 heteroatoms. The van der Waals surface area contributed by atoms with Gasteiger partial charge in [0.05, 0.1) is 0 Å². The van der Waals surface area contributed by atoms with E-state index in [1.165, 1.54) is 0 Å². The summed E-state index contributed by atoms with van der Waals surface area (Å²) in [6.45, 7) is 7.85. The van der Waals surface area contributed by atoms with Gasteiger partial charge in [0, 0.05) is 12.1 Å². The molecule has 1 N–H and O–H groups in total. The van der Waals surface area contributed by atoms with E-state index in [0.717, 1.165) is 0 Å². The molecular weight excluding hydrogens is 182 g/mol. The summed E-state index contributed by atoms with van der Waals surface area (Å²) in [6, 6.07) is 0.243. The first kappa shape index (κ1) is 12.7. The molecule has 80 valence electrons. The molecule has 0 radical (unpaired) electrons. The fourth-order valence-electron chi connectivity index (χ4n) is 0.697. The minimum Gasteiger partial charge on any atom is -0.462 e. The molecule has 0 saturated carbocycles. The third-order valence-electron chi connectivity index (χ3n) is 1.31. The van der Waals surface area contributed by atoms with Crippen LogP contribution in [0.5, 0.6) is 0 Å². The first-order valence-electron chi connectivity index (χ1n) is 4.45. The highest BCUT2D eigenvalue weighted by Crippen LogP contribution is 2.02. The number of amides is 1. The lowest BCUT2D eigenvalue weighted by atomic mass is 10.2. The van der Waals surface area contributed by atoms with Gasteiger partial charge in [-0.3, -0.25) is 9.59 Å². The van der Waals surface area contributed by atoms with Gasteiger partial charge in [0.15, 0.2) is 0 Å². The fourth-order valence-corrected chi connectivity index (χ4v) is 0.697. The molecule has 1 aliphatic rings. The zero-order valence-corrected chi connectivity index (χ0v) is 9.03. The highest BCUT2D eigenvalue weighted by atomic mass is 16.5. The highest BCUT2D eigenvalue weighted by Gasteiger charge is 2.07. The van der Waals surface area contributed by atoms with Crippen LogP contribution in [0.4, 0.5) is 0 Å². The number of carbonyl (C=O) groups is 2. The van der Waals surface area contributed by atoms with Crippen LogP contribution in [0.2, 0.25) is 0 Å². The SMILES string of the molecule is CC(C)(C)OC=O.C[C@H]1C=CC(=O)N1. The van der Waals surface area contributed by atoms with Crippen molar-refractivity contribution in [3.8, 4) is 0 Å². The summed E-state index contributed by atoms with van der Waals surface area (Å²) in [4.78, 5) is 19.9. The van der Waals surface area contributed by atoms with Crippen molar-refractivity contribution in [3.63, 3.8) is 0 Å². The van der Waals surface area contributed by atoms with E-state index in [0.29, 0.717) is 6.47 Å². The molecule has 0 fully saturated rings. The molecule has 0 spiro atoms. The summed E-state index contributed by atoms with van der Waals surface area (Å²) in [6.07, 6.45) is 3.38. The van der Waals surface area contributed by atoms with Crippen molar-refractivity contribution in [3.05, 3.63) is 12.2 Å². The van der Waals surface area contributed by atoms with Crippen molar-refractivity contribution >= 4 is 12.4 Å². The van der Waals surface area contributed by atoms with Crippen molar-refractivity contribution in [2.45, 2.75) is 39.3 Å². The second-order valence-electron chi connectivity index (χ2n) is 3.98. The van der Waals surface area contributed by atoms with Gasteiger partial charge in [-0.25, -0.2) is 0 Å². The maximum atomic E-state index is 10.3. The monoisotopic (exact) mass is 199 g/mol. The van der Waals surface area contributed by atoms with E-state index in [1.54, 1.807) is 6.08 Å². The number of carbonyl (C=O) groups excluding carboxylic acids is 2. The van der Waals surface area contributed by atoms with Crippen LogP contribution in [0.3, 0.4) is 0 Å². The van der Waals surface area contributed by atoms with Gasteiger partial charge in [-0.05, 0) is 27.7 Å². The van der Waals surface area contributed by atoms with Gasteiger partial charge in [0.25, 0.3) is 6.47 Å². The lowest BCUT2D eigenvalue weighted by Crippen LogP contribution is -2.22. The van der Waals surface area contributed by atoms with Crippen LogP contribution >= 0.6 is 0 Å². The van der Waals surface area contributed by atoms with E-state index in [1.807, 2.05) is 33.8 Å². The summed E-state index contributed by atoms with van der Waals surface area (Å²) in [7, 11) is 0. The Kier molecular flexibility index (Phi) is 4.91. The maximum Gasteiger partial charge on any atom is 0.293 e. The van der Waals surface area contributed by atoms with Gasteiger partial charge in [-0.2, -0.15) is 0 Å². The van der Waals surface area contributed by atoms with Crippen LogP contribution < -0.4 is 5.32 Å². The van der Waals surface area contributed by atoms with Gasteiger partial charge in [0.1, 0.15) is 5.60 Å². The van der Waals surface area contributed by atoms with Gasteiger partial charge in [-0.15, -0.1) is 0 Å². The summed E-state index contributed by atoms with van der Waals surface area (Å²) in [5, 5.41) is 2.67. The van der Waals surface area contributed by atoms with E-state index in [9.17, 15) is 9.59 Å². The molecule has 1 atom stereocenters. The van der Waals surface area contributed by atoms with Crippen LogP contribution in [0.15, 0.2) is 12.2 Å². The summed E-state index contributed by atoms with van der Waals surface area (Å²) < 4.78 is 4.55. The fraction of sp³-hybridized carbons (Fsp3) is 0.600. The average molecular weight is 199 g/mol. The standard InChI is InChI=1S/C5H7NO.C5H10O2/c1-4-2-3-5(7)6-4;1-5(2,3)7-4-6/h2-4H,1H3,(H,6,7);4H,1-3H3/t4-;/m0./s1. The Morgan fingerprint density at radius 1 is 1.50 bits per heavy atom. The van der Waals surface area contributed by atoms with E-state index >= 15 is 0 Å². The number of rotatable bonds is 1. The van der Waals surface area contributed by atoms with Gasteiger partial charge in [0.2, 0.25) is 5.91 Å². The molecule has 1 heterocycles. The molecule has 14 heavy (non-hydrogen) atoms. The van der Waals surface area contributed by atoms with Gasteiger partial charge in [-0.1, -0.05) is 6.08 Å². The number of hydrogen-bond donors (Lipinski definition) is 1. The normalized spacial score (nSPS) is 19.4. The first-order valence-corrected chi connectivity index (χ1v) is 4.45. The molecule has 0 bridgehead atoms. The third kappa shape index (κ3) is 7.34. The zero-order chi connectivity index (χ0) is 11.2. The Hall–Kier alpha value is -1.32. The average Bonchev–Trinajstić information content (AvgIpc) is 2.33. The van der Waals surface area contributed by atoms with Crippen molar-refractivity contribution < 1.29 is 14.3 Å². The summed E-state index contributed by atoms with van der Waals surface area (Å²) in [5.41, 5.74) is -0.318. The van der Waals surface area contributed by atoms with E-state index in [-0.39, 0.29) is 17.6 Å². The molecule has 1 amide bonds. The molecule has 0 aromatic heterocycles. The minimum atomic E-state index is -0.318. The predicted molar refractivity (Wildman–Crippen MR) is 53.6 cm³/mol. The molecule has 0 saturated heterocycles. The van der Waals surface area contributed by atoms with Crippen LogP contribution in [-0.2, 0) is 14.3 Å². The lowest BCUT2D eigenvalue weighted by Gasteiger charge is -2.14. The molecule has 0 aromatic carbocycles. The van der Waals surface area contributed by atoms with Crippen molar-refractivity contribution in [1.82, 2.24) is 5.32 Å². The van der Waals surface area contributed by atoms with Crippen LogP contribution in [0, 0.1) is 0 Å². The Morgan fingerprint density at radius 2 is 2.07 bits per heavy atom. The Bertz CT molecular complexity index is 228. The highest BCUT2D eigenvalue weighted by molar-refractivity contribution is 5.90. The summed E-state index contributed by atoms with van der Waals surface area (Å²) in [5.74, 6) is 0.0208. The topological polar surface area (TPSA) is 55.4 Å². The second-order valence-corrected chi connectivity index (χ2v) is 3.98. The van der Waals surface area contributed by atoms with Crippen molar-refractivity contribution in [2.24, 2.45) is 0 Å². The zero-order valence-electron chi connectivity index (χ0n) is 9.03. The molecule has 1 aliphatic heterocycles. The number of ether oxygens (including phenoxy) is 1. The quantitative estimate of drug-likeness (QED) is 0.641. The second kappa shape index (κ2) is 5.42. The van der Waals surface area contributed by atoms with E-state index in [4.69, 9.17) is 0 Å². The Balaban J connectivity index is 0.000000241. The van der Waals surface area contributed by atoms with E-state index < -0.39 is 0 Å². The Morgan fingerprint density at radius 3 is 2.14 bits per heavy atom. The molecular formula is C10H17NO3. The Labute approximate surface area is 84.3 Å². The molecule has 0 unspecified atom stereocenters. The van der Waals surface area contributed by atoms with E-state index in [2.05, 4.69) is 10.1 Å². The van der Waals surface area contributed by atoms with Crippen molar-refractivity contribution in [1.29, 1.82) is 0 Å². The van der Waals surface area contributed by atoms with Gasteiger partial charge >= 0.3 is 0 Å². The number of hydrogen-bond acceptors (Lipinski definition) is 3. The molecule has 4 nitrogen and oxygen atoms in total. The predicted octanol–water partition coefficient (Wildman–Crippen LogP) is 1.02. The summed E-state index contributed by atoms with van der Waals surface area (Å²) >= 11 is 0. The molecule has 1 rings (SSSR count).